The van der Waals surface area contributed by atoms with E-state index in [1.165, 1.54) is 0 Å². The van der Waals surface area contributed by atoms with Crippen LogP contribution in [0.2, 0.25) is 0 Å². The summed E-state index contributed by atoms with van der Waals surface area (Å²) in [4.78, 5) is 30.6. The zero-order valence-corrected chi connectivity index (χ0v) is 34.3. The van der Waals surface area contributed by atoms with Crippen molar-refractivity contribution in [1.29, 1.82) is 0 Å². The minimum Gasteiger partial charge on any atom is -0.481 e. The summed E-state index contributed by atoms with van der Waals surface area (Å²) in [5.41, 5.74) is 11.2. The largest absolute Gasteiger partial charge is 0.481 e. The quantitative estimate of drug-likeness (QED) is 0.0779. The Morgan fingerprint density at radius 2 is 1.08 bits per heavy atom. The average Bonchev–Trinajstić information content (AvgIpc) is 3.29. The summed E-state index contributed by atoms with van der Waals surface area (Å²) >= 11 is 0. The van der Waals surface area contributed by atoms with E-state index in [1.807, 2.05) is 146 Å². The van der Waals surface area contributed by atoms with E-state index in [0.717, 1.165) is 33.4 Å². The Balaban J connectivity index is 1.15. The van der Waals surface area contributed by atoms with Gasteiger partial charge in [-0.15, -0.1) is 0 Å². The fourth-order valence-corrected chi connectivity index (χ4v) is 8.75. The van der Waals surface area contributed by atoms with Crippen LogP contribution < -0.4 is 10.5 Å². The van der Waals surface area contributed by atoms with Crippen LogP contribution in [0, 0.1) is 0 Å². The summed E-state index contributed by atoms with van der Waals surface area (Å²) in [6, 6.07) is 51.7. The number of carbonyl (C=O) groups excluding carboxylic acids is 2. The molecule has 3 N–H and O–H groups in total. The van der Waals surface area contributed by atoms with Crippen molar-refractivity contribution in [1.82, 2.24) is 9.80 Å². The number of rotatable bonds is 19. The molecule has 3 amide bonds. The minimum atomic E-state index is -3.77. The maximum atomic E-state index is 15.0. The first kappa shape index (κ1) is 42.1. The highest BCUT2D eigenvalue weighted by molar-refractivity contribution is 7.53. The number of ether oxygens (including phenoxy) is 1. The third kappa shape index (κ3) is 11.4. The van der Waals surface area contributed by atoms with Crippen molar-refractivity contribution in [2.75, 3.05) is 6.35 Å². The zero-order chi connectivity index (χ0) is 41.7. The van der Waals surface area contributed by atoms with Gasteiger partial charge in [-0.25, -0.2) is 4.79 Å². The van der Waals surface area contributed by atoms with E-state index in [0.29, 0.717) is 30.6 Å². The first-order chi connectivity index (χ1) is 29.2. The van der Waals surface area contributed by atoms with Crippen LogP contribution in [-0.2, 0) is 52.8 Å². The van der Waals surface area contributed by atoms with Crippen LogP contribution >= 0.6 is 7.60 Å². The SMILES string of the molecule is NC(=O)c1cccc(CN2C(=O)N(Cc3cccc(OCP(=O)(OCc4ccccc4)OCc4ccccc4)c3)C(CCc3ccccc3)C(O)C2Cc2ccccc2)c1. The molecule has 1 saturated heterocycles. The van der Waals surface area contributed by atoms with Crippen molar-refractivity contribution in [3.63, 3.8) is 0 Å². The summed E-state index contributed by atoms with van der Waals surface area (Å²) in [5, 5.41) is 12.4. The molecule has 0 spiro atoms. The van der Waals surface area contributed by atoms with E-state index in [2.05, 4.69) is 0 Å². The maximum Gasteiger partial charge on any atom is 0.368 e. The van der Waals surface area contributed by atoms with E-state index in [1.54, 1.807) is 34.1 Å². The second kappa shape index (κ2) is 20.3. The third-order valence-electron chi connectivity index (χ3n) is 10.7. The molecule has 1 aliphatic rings. The van der Waals surface area contributed by atoms with Gasteiger partial charge in [-0.3, -0.25) is 9.36 Å². The van der Waals surface area contributed by atoms with E-state index in [9.17, 15) is 19.3 Å². The summed E-state index contributed by atoms with van der Waals surface area (Å²) in [6.45, 7) is 0.471. The molecule has 1 heterocycles. The van der Waals surface area contributed by atoms with E-state index >= 15 is 0 Å². The van der Waals surface area contributed by atoms with Crippen molar-refractivity contribution in [3.05, 3.63) is 209 Å². The molecular formula is C49H50N3O7P. The van der Waals surface area contributed by atoms with Crippen LogP contribution in [0.15, 0.2) is 170 Å². The van der Waals surface area contributed by atoms with Crippen molar-refractivity contribution in [2.45, 2.75) is 63.8 Å². The van der Waals surface area contributed by atoms with Crippen molar-refractivity contribution >= 4 is 19.5 Å². The van der Waals surface area contributed by atoms with Gasteiger partial charge in [-0.2, -0.15) is 0 Å². The number of primary amides is 1. The summed E-state index contributed by atoms with van der Waals surface area (Å²) in [6.07, 6.45) is 0.330. The summed E-state index contributed by atoms with van der Waals surface area (Å²) < 4.78 is 32.2. The Hall–Kier alpha value is -6.03. The molecule has 1 fully saturated rings. The number of nitrogens with zero attached hydrogens (tertiary/aromatic N) is 2. The van der Waals surface area contributed by atoms with Gasteiger partial charge in [-0.05, 0) is 76.9 Å². The third-order valence-corrected chi connectivity index (χ3v) is 12.2. The molecule has 0 aliphatic carbocycles. The molecule has 3 unspecified atom stereocenters. The van der Waals surface area contributed by atoms with Crippen LogP contribution in [0.25, 0.3) is 0 Å². The molecular weight excluding hydrogens is 774 g/mol. The van der Waals surface area contributed by atoms with Gasteiger partial charge in [0.05, 0.1) is 31.4 Å². The molecule has 0 aromatic heterocycles. The standard InChI is InChI=1S/C49H50N3O7P/c50-48(54)43-25-13-23-41(29-43)32-52-46(31-38-17-7-2-8-18-38)47(53)45(28-27-37-15-5-1-6-16-37)51(49(52)55)33-42-24-14-26-44(30-42)57-36-60(56,58-34-39-19-9-3-10-20-39)59-35-40-21-11-4-12-22-40/h1-26,29-30,45-47,53H,27-28,31-36H2,(H2,50,54). The second-order valence-corrected chi connectivity index (χ2v) is 17.0. The number of nitrogens with two attached hydrogens (primary N) is 1. The molecule has 7 rings (SSSR count). The van der Waals surface area contributed by atoms with E-state index < -0.39 is 31.7 Å². The van der Waals surface area contributed by atoms with E-state index in [4.69, 9.17) is 19.5 Å². The fourth-order valence-electron chi connectivity index (χ4n) is 7.53. The summed E-state index contributed by atoms with van der Waals surface area (Å²) in [5.74, 6) is -0.137. The Morgan fingerprint density at radius 1 is 0.600 bits per heavy atom. The molecule has 0 bridgehead atoms. The van der Waals surface area contributed by atoms with Gasteiger partial charge in [-0.1, -0.05) is 146 Å². The number of benzene rings is 6. The fraction of sp³-hybridized carbons (Fsp3) is 0.224. The molecule has 3 atom stereocenters. The van der Waals surface area contributed by atoms with Crippen molar-refractivity contribution < 1.29 is 33.0 Å². The molecule has 60 heavy (non-hydrogen) atoms. The number of aliphatic hydroxyl groups is 1. The topological polar surface area (TPSA) is 132 Å². The normalized spacial score (nSPS) is 16.8. The van der Waals surface area contributed by atoms with Crippen molar-refractivity contribution in [2.24, 2.45) is 5.73 Å². The first-order valence-corrected chi connectivity index (χ1v) is 21.9. The molecule has 6 aromatic rings. The Morgan fingerprint density at radius 3 is 1.65 bits per heavy atom. The highest BCUT2D eigenvalue weighted by Crippen LogP contribution is 2.50. The molecule has 1 aliphatic heterocycles. The van der Waals surface area contributed by atoms with Gasteiger partial charge in [0.15, 0.2) is 6.35 Å². The highest BCUT2D eigenvalue weighted by atomic mass is 31.2. The van der Waals surface area contributed by atoms with Crippen molar-refractivity contribution in [3.8, 4) is 5.75 Å². The molecule has 10 nitrogen and oxygen atoms in total. The number of hydrogen-bond donors (Lipinski definition) is 2. The molecule has 11 heteroatoms. The smallest absolute Gasteiger partial charge is 0.368 e. The number of hydrogen-bond acceptors (Lipinski definition) is 7. The average molecular weight is 824 g/mol. The molecule has 6 aromatic carbocycles. The second-order valence-electron chi connectivity index (χ2n) is 15.0. The van der Waals surface area contributed by atoms with Gasteiger partial charge < -0.3 is 34.4 Å². The highest BCUT2D eigenvalue weighted by Gasteiger charge is 2.45. The van der Waals surface area contributed by atoms with Crippen LogP contribution in [0.1, 0.15) is 50.2 Å². The lowest BCUT2D eigenvalue weighted by molar-refractivity contribution is -0.0453. The number of aliphatic hydroxyl groups excluding tert-OH is 1. The number of amides is 3. The minimum absolute atomic E-state index is 0.0780. The number of urea groups is 1. The van der Waals surface area contributed by atoms with Crippen LogP contribution in [-0.4, -0.2) is 51.4 Å². The van der Waals surface area contributed by atoms with Gasteiger partial charge >= 0.3 is 13.6 Å². The summed E-state index contributed by atoms with van der Waals surface area (Å²) in [7, 11) is -3.77. The Kier molecular flexibility index (Phi) is 14.2. The van der Waals surface area contributed by atoms with Gasteiger partial charge in [0, 0.05) is 18.7 Å². The first-order valence-electron chi connectivity index (χ1n) is 20.1. The molecule has 0 radical (unpaired) electrons. The van der Waals surface area contributed by atoms with E-state index in [-0.39, 0.29) is 38.7 Å². The molecule has 308 valence electrons. The van der Waals surface area contributed by atoms with Gasteiger partial charge in [0.2, 0.25) is 5.91 Å². The lowest BCUT2D eigenvalue weighted by Gasteiger charge is -2.49. The van der Waals surface area contributed by atoms with Crippen LogP contribution in [0.4, 0.5) is 4.79 Å². The van der Waals surface area contributed by atoms with Gasteiger partial charge in [0.25, 0.3) is 0 Å². The lowest BCUT2D eigenvalue weighted by Crippen LogP contribution is -2.66. The predicted octanol–water partition coefficient (Wildman–Crippen LogP) is 9.16. The zero-order valence-electron chi connectivity index (χ0n) is 33.4. The maximum absolute atomic E-state index is 15.0. The lowest BCUT2D eigenvalue weighted by atomic mass is 9.88. The van der Waals surface area contributed by atoms with Crippen LogP contribution in [0.5, 0.6) is 5.75 Å². The monoisotopic (exact) mass is 823 g/mol. The van der Waals surface area contributed by atoms with Crippen LogP contribution in [0.3, 0.4) is 0 Å². The van der Waals surface area contributed by atoms with Gasteiger partial charge in [0.1, 0.15) is 5.75 Å². The predicted molar refractivity (Wildman–Crippen MR) is 232 cm³/mol. The Bertz CT molecular complexity index is 2300. The number of carbonyl (C=O) groups is 2. The Labute approximate surface area is 351 Å². The number of aryl methyl sites for hydroxylation is 1. The molecule has 0 saturated carbocycles.